The number of nitrogens with one attached hydrogen (secondary N) is 2. The third kappa shape index (κ3) is 3.94. The van der Waals surface area contributed by atoms with E-state index in [0.29, 0.717) is 13.0 Å². The molecule has 3 aliphatic rings. The van der Waals surface area contributed by atoms with Gasteiger partial charge in [0.2, 0.25) is 17.7 Å². The number of alkyl halides is 1. The van der Waals surface area contributed by atoms with E-state index in [1.165, 1.54) is 0 Å². The molecule has 9 heteroatoms. The lowest BCUT2D eigenvalue weighted by atomic mass is 9.70. The van der Waals surface area contributed by atoms with Gasteiger partial charge in [-0.1, -0.05) is 28.8 Å². The predicted molar refractivity (Wildman–Crippen MR) is 117 cm³/mol. The Morgan fingerprint density at radius 2 is 1.97 bits per heavy atom. The zero-order valence-electron chi connectivity index (χ0n) is 17.3. The number of fused-ring (bicyclic) bond motifs is 1. The molecule has 0 aliphatic carbocycles. The Bertz CT molecular complexity index is 664. The molecule has 0 radical (unpaired) electrons. The molecule has 3 rings (SSSR count). The summed E-state index contributed by atoms with van der Waals surface area (Å²) in [5.41, 5.74) is 0. The number of aliphatic hydroxyl groups excluding tert-OH is 1. The molecular formula is C20H32BrN3O4S. The first-order valence-electron chi connectivity index (χ1n) is 10.5. The van der Waals surface area contributed by atoms with E-state index in [1.807, 2.05) is 13.8 Å². The summed E-state index contributed by atoms with van der Waals surface area (Å²) in [6, 6.07) is -0.567. The van der Waals surface area contributed by atoms with Crippen molar-refractivity contribution in [2.45, 2.75) is 72.9 Å². The molecule has 3 fully saturated rings. The van der Waals surface area contributed by atoms with E-state index in [-0.39, 0.29) is 40.4 Å². The smallest absolute Gasteiger partial charge is 0.244 e. The second-order valence-electron chi connectivity index (χ2n) is 8.61. The minimum atomic E-state index is -0.558. The van der Waals surface area contributed by atoms with Gasteiger partial charge in [-0.05, 0) is 33.1 Å². The molecule has 3 N–H and O–H groups in total. The van der Waals surface area contributed by atoms with Gasteiger partial charge in [0.1, 0.15) is 6.04 Å². The van der Waals surface area contributed by atoms with Crippen LogP contribution in [0.1, 0.15) is 46.0 Å². The van der Waals surface area contributed by atoms with Crippen LogP contribution in [0.5, 0.6) is 0 Å². The second-order valence-corrected chi connectivity index (χ2v) is 11.3. The lowest BCUT2D eigenvalue weighted by molar-refractivity contribution is -0.140. The maximum atomic E-state index is 13.5. The summed E-state index contributed by atoms with van der Waals surface area (Å²) in [4.78, 5) is 41.3. The van der Waals surface area contributed by atoms with E-state index in [4.69, 9.17) is 5.11 Å². The summed E-state index contributed by atoms with van der Waals surface area (Å²) in [5.74, 6) is -1.15. The van der Waals surface area contributed by atoms with Crippen LogP contribution in [0.3, 0.4) is 0 Å². The maximum Gasteiger partial charge on any atom is 0.244 e. The van der Waals surface area contributed by atoms with Gasteiger partial charge in [0.25, 0.3) is 0 Å². The molecule has 0 aromatic carbocycles. The molecule has 0 saturated carbocycles. The number of hydrogen-bond acceptors (Lipinski definition) is 5. The van der Waals surface area contributed by atoms with Gasteiger partial charge < -0.3 is 20.6 Å². The minimum absolute atomic E-state index is 0.00459. The van der Waals surface area contributed by atoms with Gasteiger partial charge in [-0.2, -0.15) is 0 Å². The number of unbranched alkanes of at least 4 members (excludes halogenated alkanes) is 3. The quantitative estimate of drug-likeness (QED) is 0.334. The minimum Gasteiger partial charge on any atom is -0.396 e. The van der Waals surface area contributed by atoms with E-state index < -0.39 is 22.6 Å². The van der Waals surface area contributed by atoms with Gasteiger partial charge in [-0.15, -0.1) is 11.8 Å². The highest BCUT2D eigenvalue weighted by atomic mass is 79.9. The first-order chi connectivity index (χ1) is 13.8. The molecule has 6 atom stereocenters. The summed E-state index contributed by atoms with van der Waals surface area (Å²) >= 11 is 5.39. The zero-order chi connectivity index (χ0) is 21.3. The Hall–Kier alpha value is -0.800. The molecule has 0 aromatic heterocycles. The highest BCUT2D eigenvalue weighted by Crippen LogP contribution is 2.67. The van der Waals surface area contributed by atoms with Gasteiger partial charge in [0.05, 0.1) is 16.6 Å². The number of aliphatic hydroxyl groups is 1. The van der Waals surface area contributed by atoms with E-state index in [1.54, 1.807) is 23.7 Å². The third-order valence-electron chi connectivity index (χ3n) is 6.32. The first-order valence-corrected chi connectivity index (χ1v) is 12.3. The monoisotopic (exact) mass is 489 g/mol. The molecule has 7 nitrogen and oxygen atoms in total. The lowest BCUT2D eigenvalue weighted by Gasteiger charge is -2.35. The third-order valence-corrected chi connectivity index (χ3v) is 9.54. The van der Waals surface area contributed by atoms with Crippen LogP contribution in [-0.4, -0.2) is 74.8 Å². The predicted octanol–water partition coefficient (Wildman–Crippen LogP) is 1.27. The molecule has 0 aromatic rings. The van der Waals surface area contributed by atoms with Gasteiger partial charge in [0, 0.05) is 36.3 Å². The summed E-state index contributed by atoms with van der Waals surface area (Å²) < 4.78 is -0.558. The van der Waals surface area contributed by atoms with Crippen molar-refractivity contribution in [3.8, 4) is 0 Å². The van der Waals surface area contributed by atoms with Gasteiger partial charge >= 0.3 is 0 Å². The molecule has 3 amide bonds. The Morgan fingerprint density at radius 1 is 1.28 bits per heavy atom. The number of carbonyl (C=O) groups excluding carboxylic acids is 3. The van der Waals surface area contributed by atoms with Crippen LogP contribution in [0.15, 0.2) is 0 Å². The fraction of sp³-hybridized carbons (Fsp3) is 0.850. The Balaban J connectivity index is 1.89. The van der Waals surface area contributed by atoms with E-state index >= 15 is 0 Å². The Labute approximate surface area is 185 Å². The molecular weight excluding hydrogens is 458 g/mol. The molecule has 1 spiro atoms. The number of hydrogen-bond donors (Lipinski definition) is 3. The van der Waals surface area contributed by atoms with Crippen molar-refractivity contribution >= 4 is 45.4 Å². The number of nitrogens with zero attached hydrogens (tertiary/aromatic N) is 1. The van der Waals surface area contributed by atoms with Crippen LogP contribution < -0.4 is 10.6 Å². The van der Waals surface area contributed by atoms with E-state index in [2.05, 4.69) is 26.6 Å². The van der Waals surface area contributed by atoms with Crippen LogP contribution in [0.25, 0.3) is 0 Å². The maximum absolute atomic E-state index is 13.5. The lowest BCUT2D eigenvalue weighted by Crippen LogP contribution is -2.55. The summed E-state index contributed by atoms with van der Waals surface area (Å²) in [7, 11) is 1.61. The fourth-order valence-corrected chi connectivity index (χ4v) is 8.86. The number of halogens is 1. The van der Waals surface area contributed by atoms with Crippen LogP contribution in [0.2, 0.25) is 0 Å². The average Bonchev–Trinajstić information content (AvgIpc) is 3.24. The van der Waals surface area contributed by atoms with Gasteiger partial charge in [-0.3, -0.25) is 14.4 Å². The van der Waals surface area contributed by atoms with Gasteiger partial charge in [-0.25, -0.2) is 0 Å². The van der Waals surface area contributed by atoms with Crippen molar-refractivity contribution in [1.82, 2.24) is 15.5 Å². The number of rotatable bonds is 9. The van der Waals surface area contributed by atoms with E-state index in [0.717, 1.165) is 25.7 Å². The van der Waals surface area contributed by atoms with Crippen LogP contribution >= 0.6 is 27.7 Å². The Morgan fingerprint density at radius 3 is 2.59 bits per heavy atom. The average molecular weight is 490 g/mol. The van der Waals surface area contributed by atoms with Crippen molar-refractivity contribution < 1.29 is 19.5 Å². The Kier molecular flexibility index (Phi) is 7.21. The standard InChI is InChI=1S/C20H32BrN3O4S/c1-11(2)23-18(27)16-20-10-12(21)15(29-20)13(17(26)22-3)14(20)19(28)24(16)8-6-4-5-7-9-25/h11-16,25H,4-10H2,1-3H3,(H,22,26)(H,23,27)/t12?,13-,14+,15-,16?,20?/m1/s1. The first kappa shape index (κ1) is 22.9. The molecule has 2 bridgehead atoms. The van der Waals surface area contributed by atoms with Gasteiger partial charge in [0.15, 0.2) is 0 Å². The van der Waals surface area contributed by atoms with Crippen molar-refractivity contribution in [3.05, 3.63) is 0 Å². The van der Waals surface area contributed by atoms with Crippen LogP contribution in [-0.2, 0) is 14.4 Å². The highest BCUT2D eigenvalue weighted by Gasteiger charge is 2.75. The molecule has 164 valence electrons. The summed E-state index contributed by atoms with van der Waals surface area (Å²) in [5, 5.41) is 14.7. The van der Waals surface area contributed by atoms with Crippen molar-refractivity contribution in [2.24, 2.45) is 11.8 Å². The van der Waals surface area contributed by atoms with E-state index in [9.17, 15) is 14.4 Å². The molecule has 3 unspecified atom stereocenters. The molecule has 3 aliphatic heterocycles. The number of likely N-dealkylation sites (tertiary alicyclic amines) is 1. The topological polar surface area (TPSA) is 98.7 Å². The van der Waals surface area contributed by atoms with Crippen LogP contribution in [0, 0.1) is 11.8 Å². The number of amides is 3. The molecule has 3 heterocycles. The van der Waals surface area contributed by atoms with Crippen molar-refractivity contribution in [1.29, 1.82) is 0 Å². The van der Waals surface area contributed by atoms with Crippen molar-refractivity contribution in [2.75, 3.05) is 20.2 Å². The van der Waals surface area contributed by atoms with Crippen LogP contribution in [0.4, 0.5) is 0 Å². The number of thioether (sulfide) groups is 1. The summed E-state index contributed by atoms with van der Waals surface area (Å²) in [6.07, 6.45) is 4.05. The highest BCUT2D eigenvalue weighted by molar-refractivity contribution is 9.09. The SMILES string of the molecule is CNC(=O)[C@H]1[C@@H]2SC3(CC2Br)C(C(=O)NC(C)C)N(CCCCCCO)C(=O)[C@H]13. The molecule has 29 heavy (non-hydrogen) atoms. The second kappa shape index (κ2) is 9.14. The zero-order valence-corrected chi connectivity index (χ0v) is 19.7. The largest absolute Gasteiger partial charge is 0.396 e. The normalized spacial score (nSPS) is 35.3. The fourth-order valence-electron chi connectivity index (χ4n) is 5.25. The summed E-state index contributed by atoms with van der Waals surface area (Å²) in [6.45, 7) is 4.52. The molecule has 3 saturated heterocycles. The number of carbonyl (C=O) groups is 3. The van der Waals surface area contributed by atoms with Crippen molar-refractivity contribution in [3.63, 3.8) is 0 Å².